The van der Waals surface area contributed by atoms with E-state index in [1.54, 1.807) is 18.3 Å². The molecule has 0 bridgehead atoms. The van der Waals surface area contributed by atoms with Crippen LogP contribution >= 0.6 is 0 Å². The van der Waals surface area contributed by atoms with Gasteiger partial charge in [0.25, 0.3) is 0 Å². The van der Waals surface area contributed by atoms with E-state index in [9.17, 15) is 18.0 Å². The molecular weight excluding hydrogens is 320 g/mol. The van der Waals surface area contributed by atoms with Crippen LogP contribution in [0.2, 0.25) is 0 Å². The molecule has 1 aromatic heterocycles. The summed E-state index contributed by atoms with van der Waals surface area (Å²) in [6.45, 7) is 0. The van der Waals surface area contributed by atoms with E-state index in [0.717, 1.165) is 29.8 Å². The van der Waals surface area contributed by atoms with Gasteiger partial charge in [-0.2, -0.15) is 0 Å². The van der Waals surface area contributed by atoms with Gasteiger partial charge in [0.15, 0.2) is 0 Å². The number of hydrogen-bond acceptors (Lipinski definition) is 5. The molecule has 1 aliphatic rings. The standard InChI is InChI=1S/C14H20N4O4S/c1-23(21,22)18(12-7-3-2-4-8-12)14(20)17-13(19)16-11-6-5-9-15-10-11/h5-6,9-10,12H,2-4,7-8H2,1H3,(H2,16,17,19,20). The molecule has 126 valence electrons. The molecule has 0 spiro atoms. The number of nitrogens with one attached hydrogen (secondary N) is 2. The molecule has 9 heteroatoms. The third-order valence-electron chi connectivity index (χ3n) is 3.60. The molecule has 4 amide bonds. The number of sulfonamides is 1. The Bertz CT molecular complexity index is 657. The van der Waals surface area contributed by atoms with Gasteiger partial charge in [-0.25, -0.2) is 22.3 Å². The lowest BCUT2D eigenvalue weighted by Crippen LogP contribution is -2.51. The zero-order valence-corrected chi connectivity index (χ0v) is 13.7. The van der Waals surface area contributed by atoms with Crippen LogP contribution in [0.25, 0.3) is 0 Å². The van der Waals surface area contributed by atoms with Crippen molar-refractivity contribution in [1.29, 1.82) is 0 Å². The normalized spacial score (nSPS) is 15.7. The number of imide groups is 1. The summed E-state index contributed by atoms with van der Waals surface area (Å²) < 4.78 is 24.7. The van der Waals surface area contributed by atoms with Crippen molar-refractivity contribution in [1.82, 2.24) is 14.6 Å². The van der Waals surface area contributed by atoms with Gasteiger partial charge in [-0.15, -0.1) is 0 Å². The van der Waals surface area contributed by atoms with Gasteiger partial charge in [-0.1, -0.05) is 19.3 Å². The molecule has 0 saturated heterocycles. The number of rotatable bonds is 3. The Labute approximate surface area is 135 Å². The number of amides is 4. The van der Waals surface area contributed by atoms with Crippen LogP contribution < -0.4 is 10.6 Å². The molecule has 0 unspecified atom stereocenters. The zero-order chi connectivity index (χ0) is 16.9. The first-order chi connectivity index (χ1) is 10.9. The maximum atomic E-state index is 12.2. The molecule has 1 fully saturated rings. The summed E-state index contributed by atoms with van der Waals surface area (Å²) in [5.41, 5.74) is 0.404. The third-order valence-corrected chi connectivity index (χ3v) is 4.78. The minimum absolute atomic E-state index is 0.398. The summed E-state index contributed by atoms with van der Waals surface area (Å²) in [6.07, 6.45) is 7.92. The average Bonchev–Trinajstić information content (AvgIpc) is 2.47. The van der Waals surface area contributed by atoms with E-state index >= 15 is 0 Å². The van der Waals surface area contributed by atoms with Crippen molar-refractivity contribution in [3.8, 4) is 0 Å². The highest BCUT2D eigenvalue weighted by Crippen LogP contribution is 2.24. The van der Waals surface area contributed by atoms with Crippen LogP contribution in [0.5, 0.6) is 0 Å². The predicted molar refractivity (Wildman–Crippen MR) is 85.3 cm³/mol. The first kappa shape index (κ1) is 17.2. The van der Waals surface area contributed by atoms with Gasteiger partial charge in [0.05, 0.1) is 18.1 Å². The second-order valence-electron chi connectivity index (χ2n) is 5.48. The number of anilines is 1. The van der Waals surface area contributed by atoms with Crippen LogP contribution in [0.15, 0.2) is 24.5 Å². The lowest BCUT2D eigenvalue weighted by molar-refractivity contribution is 0.199. The first-order valence-corrected chi connectivity index (χ1v) is 9.24. The lowest BCUT2D eigenvalue weighted by atomic mass is 9.96. The van der Waals surface area contributed by atoms with Crippen LogP contribution in [-0.4, -0.2) is 42.1 Å². The zero-order valence-electron chi connectivity index (χ0n) is 12.9. The largest absolute Gasteiger partial charge is 0.339 e. The quantitative estimate of drug-likeness (QED) is 0.874. The summed E-state index contributed by atoms with van der Waals surface area (Å²) in [6, 6.07) is 1.10. The fourth-order valence-electron chi connectivity index (χ4n) is 2.65. The van der Waals surface area contributed by atoms with Gasteiger partial charge in [0, 0.05) is 12.2 Å². The number of urea groups is 2. The Morgan fingerprint density at radius 2 is 1.96 bits per heavy atom. The van der Waals surface area contributed by atoms with Crippen LogP contribution in [0.4, 0.5) is 15.3 Å². The molecule has 23 heavy (non-hydrogen) atoms. The highest BCUT2D eigenvalue weighted by molar-refractivity contribution is 7.88. The molecule has 1 aliphatic carbocycles. The third kappa shape index (κ3) is 4.92. The van der Waals surface area contributed by atoms with Gasteiger partial charge < -0.3 is 5.32 Å². The monoisotopic (exact) mass is 340 g/mol. The van der Waals surface area contributed by atoms with Crippen molar-refractivity contribution < 1.29 is 18.0 Å². The Morgan fingerprint density at radius 3 is 2.52 bits per heavy atom. The molecular formula is C14H20N4O4S. The van der Waals surface area contributed by atoms with Crippen molar-refractivity contribution in [2.45, 2.75) is 38.1 Å². The van der Waals surface area contributed by atoms with E-state index in [1.165, 1.54) is 6.20 Å². The predicted octanol–water partition coefficient (Wildman–Crippen LogP) is 1.92. The summed E-state index contributed by atoms with van der Waals surface area (Å²) in [7, 11) is -3.75. The maximum absolute atomic E-state index is 12.2. The highest BCUT2D eigenvalue weighted by Gasteiger charge is 2.33. The van der Waals surface area contributed by atoms with Gasteiger partial charge >= 0.3 is 12.1 Å². The van der Waals surface area contributed by atoms with Crippen molar-refractivity contribution >= 4 is 27.8 Å². The van der Waals surface area contributed by atoms with E-state index in [4.69, 9.17) is 0 Å². The van der Waals surface area contributed by atoms with Crippen molar-refractivity contribution in [3.63, 3.8) is 0 Å². The van der Waals surface area contributed by atoms with Gasteiger partial charge in [0.1, 0.15) is 0 Å². The molecule has 1 heterocycles. The van der Waals surface area contributed by atoms with Crippen LogP contribution in [0.3, 0.4) is 0 Å². The average molecular weight is 340 g/mol. The molecule has 0 aliphatic heterocycles. The summed E-state index contributed by atoms with van der Waals surface area (Å²) in [4.78, 5) is 27.9. The van der Waals surface area contributed by atoms with Crippen molar-refractivity contribution in [3.05, 3.63) is 24.5 Å². The van der Waals surface area contributed by atoms with Gasteiger partial charge in [-0.05, 0) is 25.0 Å². The Hall–Kier alpha value is -2.16. The second-order valence-corrected chi connectivity index (χ2v) is 7.34. The maximum Gasteiger partial charge on any atom is 0.339 e. The number of nitrogens with zero attached hydrogens (tertiary/aromatic N) is 2. The fraction of sp³-hybridized carbons (Fsp3) is 0.500. The highest BCUT2D eigenvalue weighted by atomic mass is 32.2. The Kier molecular flexibility index (Phi) is 5.54. The number of aromatic nitrogens is 1. The summed E-state index contributed by atoms with van der Waals surface area (Å²) >= 11 is 0. The van der Waals surface area contributed by atoms with E-state index in [2.05, 4.69) is 15.6 Å². The van der Waals surface area contributed by atoms with E-state index in [-0.39, 0.29) is 0 Å². The minimum Gasteiger partial charge on any atom is -0.306 e. The number of carbonyl (C=O) groups is 2. The Balaban J connectivity index is 2.04. The molecule has 0 radical (unpaired) electrons. The Morgan fingerprint density at radius 1 is 1.26 bits per heavy atom. The SMILES string of the molecule is CS(=O)(=O)N(C(=O)NC(=O)Nc1cccnc1)C1CCCCC1. The van der Waals surface area contributed by atoms with Crippen LogP contribution in [0.1, 0.15) is 32.1 Å². The molecule has 1 aromatic rings. The summed E-state index contributed by atoms with van der Waals surface area (Å²) in [5.74, 6) is 0. The van der Waals surface area contributed by atoms with E-state index < -0.39 is 28.1 Å². The first-order valence-electron chi connectivity index (χ1n) is 7.39. The second kappa shape index (κ2) is 7.40. The lowest BCUT2D eigenvalue weighted by Gasteiger charge is -2.32. The van der Waals surface area contributed by atoms with E-state index in [1.807, 2.05) is 0 Å². The number of hydrogen-bond donors (Lipinski definition) is 2. The number of carbonyl (C=O) groups excluding carboxylic acids is 2. The minimum atomic E-state index is -3.75. The van der Waals surface area contributed by atoms with Crippen LogP contribution in [0, 0.1) is 0 Å². The summed E-state index contributed by atoms with van der Waals surface area (Å²) in [5, 5.41) is 4.49. The van der Waals surface area contributed by atoms with E-state index in [0.29, 0.717) is 18.5 Å². The smallest absolute Gasteiger partial charge is 0.306 e. The molecule has 8 nitrogen and oxygen atoms in total. The van der Waals surface area contributed by atoms with Gasteiger partial charge in [-0.3, -0.25) is 10.3 Å². The fourth-order valence-corrected chi connectivity index (χ4v) is 3.75. The van der Waals surface area contributed by atoms with Crippen LogP contribution in [-0.2, 0) is 10.0 Å². The molecule has 2 rings (SSSR count). The van der Waals surface area contributed by atoms with Crippen molar-refractivity contribution in [2.75, 3.05) is 11.6 Å². The van der Waals surface area contributed by atoms with Gasteiger partial charge in [0.2, 0.25) is 10.0 Å². The molecule has 1 saturated carbocycles. The topological polar surface area (TPSA) is 108 Å². The van der Waals surface area contributed by atoms with Crippen molar-refractivity contribution in [2.24, 2.45) is 0 Å². The molecule has 2 N–H and O–H groups in total. The number of pyridine rings is 1. The molecule has 0 atom stereocenters. The molecule has 0 aromatic carbocycles.